The average Bonchev–Trinajstić information content (AvgIpc) is 3.16. The molecule has 0 aliphatic heterocycles. The Kier molecular flexibility index (Phi) is 4.30. The molecule has 2 aromatic rings. The fourth-order valence-corrected chi connectivity index (χ4v) is 5.42. The lowest BCUT2D eigenvalue weighted by Gasteiger charge is -2.46. The minimum atomic E-state index is -0.185. The molecule has 0 aromatic carbocycles. The number of nitrogens with zero attached hydrogens (tertiary/aromatic N) is 4. The van der Waals surface area contributed by atoms with Gasteiger partial charge in [-0.1, -0.05) is 6.42 Å². The van der Waals surface area contributed by atoms with E-state index in [-0.39, 0.29) is 11.5 Å². The SMILES string of the molecule is COCOC1CC(c2ccc(C#N)s2)(c2nnc(C3CCC3)n2C2CC2)C1. The first kappa shape index (κ1) is 17.4. The van der Waals surface area contributed by atoms with Gasteiger partial charge in [-0.3, -0.25) is 0 Å². The standard InChI is InChI=1S/C20H24N4O2S/c1-25-12-26-15-9-20(10-15,17-8-7-16(11-21)27-17)19-23-22-18(13-3-2-4-13)24(19)14-5-6-14/h7-8,13-15H,2-6,9-10,12H2,1H3. The van der Waals surface area contributed by atoms with E-state index in [4.69, 9.17) is 14.6 Å². The van der Waals surface area contributed by atoms with Crippen molar-refractivity contribution in [1.29, 1.82) is 5.26 Å². The summed E-state index contributed by atoms with van der Waals surface area (Å²) < 4.78 is 13.4. The van der Waals surface area contributed by atoms with E-state index in [2.05, 4.69) is 21.8 Å². The molecule has 3 saturated carbocycles. The second-order valence-electron chi connectivity index (χ2n) is 8.07. The predicted octanol–water partition coefficient (Wildman–Crippen LogP) is 3.88. The van der Waals surface area contributed by atoms with Crippen molar-refractivity contribution in [2.45, 2.75) is 68.4 Å². The van der Waals surface area contributed by atoms with Crippen molar-refractivity contribution >= 4 is 11.3 Å². The van der Waals surface area contributed by atoms with Crippen LogP contribution in [0.3, 0.4) is 0 Å². The zero-order valence-electron chi connectivity index (χ0n) is 15.6. The van der Waals surface area contributed by atoms with Gasteiger partial charge >= 0.3 is 0 Å². The zero-order chi connectivity index (χ0) is 18.4. The fourth-order valence-electron chi connectivity index (χ4n) is 4.42. The fraction of sp³-hybridized carbons (Fsp3) is 0.650. The van der Waals surface area contributed by atoms with Crippen molar-refractivity contribution in [3.63, 3.8) is 0 Å². The van der Waals surface area contributed by atoms with Crippen LogP contribution in [-0.4, -0.2) is 34.8 Å². The Morgan fingerprint density at radius 1 is 1.26 bits per heavy atom. The van der Waals surface area contributed by atoms with Crippen LogP contribution in [0.2, 0.25) is 0 Å². The van der Waals surface area contributed by atoms with E-state index >= 15 is 0 Å². The summed E-state index contributed by atoms with van der Waals surface area (Å²) in [6.45, 7) is 0.317. The molecule has 3 aliphatic rings. The summed E-state index contributed by atoms with van der Waals surface area (Å²) >= 11 is 1.59. The van der Waals surface area contributed by atoms with Gasteiger partial charge in [-0.2, -0.15) is 5.26 Å². The largest absolute Gasteiger partial charge is 0.359 e. The van der Waals surface area contributed by atoms with E-state index in [0.717, 1.165) is 23.5 Å². The van der Waals surface area contributed by atoms with Gasteiger partial charge in [0.05, 0.1) is 11.5 Å². The van der Waals surface area contributed by atoms with Crippen molar-refractivity contribution in [1.82, 2.24) is 14.8 Å². The van der Waals surface area contributed by atoms with Gasteiger partial charge in [0.1, 0.15) is 29.4 Å². The summed E-state index contributed by atoms with van der Waals surface area (Å²) in [5, 5.41) is 18.7. The first-order chi connectivity index (χ1) is 13.2. The van der Waals surface area contributed by atoms with E-state index in [9.17, 15) is 5.26 Å². The minimum Gasteiger partial charge on any atom is -0.359 e. The molecule has 2 aromatic heterocycles. The highest BCUT2D eigenvalue weighted by atomic mass is 32.1. The highest BCUT2D eigenvalue weighted by Gasteiger charge is 2.53. The first-order valence-corrected chi connectivity index (χ1v) is 10.6. The van der Waals surface area contributed by atoms with E-state index in [0.29, 0.717) is 18.8 Å². The molecule has 0 amide bonds. The normalized spacial score (nSPS) is 27.8. The van der Waals surface area contributed by atoms with Crippen molar-refractivity contribution in [3.8, 4) is 6.07 Å². The van der Waals surface area contributed by atoms with Gasteiger partial charge in [-0.25, -0.2) is 0 Å². The van der Waals surface area contributed by atoms with Crippen molar-refractivity contribution in [2.75, 3.05) is 13.9 Å². The summed E-state index contributed by atoms with van der Waals surface area (Å²) in [4.78, 5) is 1.97. The molecule has 6 nitrogen and oxygen atoms in total. The highest BCUT2D eigenvalue weighted by Crippen LogP contribution is 2.54. The van der Waals surface area contributed by atoms with Crippen molar-refractivity contribution in [3.05, 3.63) is 33.5 Å². The molecule has 3 fully saturated rings. The lowest BCUT2D eigenvalue weighted by Crippen LogP contribution is -2.48. The highest BCUT2D eigenvalue weighted by molar-refractivity contribution is 7.12. The Morgan fingerprint density at radius 2 is 2.07 bits per heavy atom. The lowest BCUT2D eigenvalue weighted by atomic mass is 9.65. The smallest absolute Gasteiger partial charge is 0.146 e. The quantitative estimate of drug-likeness (QED) is 0.677. The van der Waals surface area contributed by atoms with Crippen LogP contribution in [-0.2, 0) is 14.9 Å². The van der Waals surface area contributed by atoms with Crippen molar-refractivity contribution < 1.29 is 9.47 Å². The maximum atomic E-state index is 9.30. The summed E-state index contributed by atoms with van der Waals surface area (Å²) in [5.74, 6) is 2.86. The molecule has 0 radical (unpaired) electrons. The molecule has 0 spiro atoms. The number of nitriles is 1. The average molecular weight is 385 g/mol. The number of ether oxygens (including phenoxy) is 2. The molecule has 3 aliphatic carbocycles. The Hall–Kier alpha value is -1.75. The third-order valence-electron chi connectivity index (χ3n) is 6.29. The van der Waals surface area contributed by atoms with Crippen LogP contribution < -0.4 is 0 Å². The molecule has 0 bridgehead atoms. The van der Waals surface area contributed by atoms with Gasteiger partial charge in [0.25, 0.3) is 0 Å². The second-order valence-corrected chi connectivity index (χ2v) is 9.16. The molecular weight excluding hydrogens is 360 g/mol. The molecule has 2 heterocycles. The Bertz CT molecular complexity index is 869. The molecular formula is C20H24N4O2S. The monoisotopic (exact) mass is 384 g/mol. The van der Waals surface area contributed by atoms with E-state index in [1.807, 2.05) is 6.07 Å². The third-order valence-corrected chi connectivity index (χ3v) is 7.49. The van der Waals surface area contributed by atoms with Crippen LogP contribution in [0.15, 0.2) is 12.1 Å². The van der Waals surface area contributed by atoms with E-state index < -0.39 is 0 Å². The van der Waals surface area contributed by atoms with Crippen molar-refractivity contribution in [2.24, 2.45) is 0 Å². The first-order valence-electron chi connectivity index (χ1n) is 9.81. The molecule has 5 rings (SSSR count). The summed E-state index contributed by atoms with van der Waals surface area (Å²) in [6, 6.07) is 6.86. The molecule has 0 N–H and O–H groups in total. The predicted molar refractivity (Wildman–Crippen MR) is 101 cm³/mol. The maximum absolute atomic E-state index is 9.30. The number of methoxy groups -OCH3 is 1. The third kappa shape index (κ3) is 2.82. The molecule has 27 heavy (non-hydrogen) atoms. The van der Waals surface area contributed by atoms with E-state index in [1.165, 1.54) is 42.8 Å². The maximum Gasteiger partial charge on any atom is 0.146 e. The van der Waals surface area contributed by atoms with Crippen LogP contribution in [0.4, 0.5) is 0 Å². The zero-order valence-corrected chi connectivity index (χ0v) is 16.4. The molecule has 7 heteroatoms. The van der Waals surface area contributed by atoms with Crippen LogP contribution in [0.25, 0.3) is 0 Å². The molecule has 0 unspecified atom stereocenters. The topological polar surface area (TPSA) is 73.0 Å². The number of hydrogen-bond acceptors (Lipinski definition) is 6. The Morgan fingerprint density at radius 3 is 2.67 bits per heavy atom. The van der Waals surface area contributed by atoms with Crippen LogP contribution in [0, 0.1) is 11.3 Å². The summed E-state index contributed by atoms with van der Waals surface area (Å²) in [6.07, 6.45) is 8.11. The lowest BCUT2D eigenvalue weighted by molar-refractivity contribution is -0.116. The number of hydrogen-bond donors (Lipinski definition) is 0. The molecule has 0 atom stereocenters. The van der Waals surface area contributed by atoms with Gasteiger partial charge in [0.2, 0.25) is 0 Å². The number of rotatable bonds is 7. The van der Waals surface area contributed by atoms with Gasteiger partial charge in [0.15, 0.2) is 0 Å². The minimum absolute atomic E-state index is 0.161. The summed E-state index contributed by atoms with van der Waals surface area (Å²) in [7, 11) is 1.65. The Labute approximate surface area is 163 Å². The van der Waals surface area contributed by atoms with Gasteiger partial charge in [-0.15, -0.1) is 21.5 Å². The van der Waals surface area contributed by atoms with Gasteiger partial charge in [-0.05, 0) is 50.7 Å². The second kappa shape index (κ2) is 6.69. The van der Waals surface area contributed by atoms with Crippen LogP contribution in [0.5, 0.6) is 0 Å². The molecule has 0 saturated heterocycles. The van der Waals surface area contributed by atoms with Crippen LogP contribution in [0.1, 0.15) is 78.3 Å². The van der Waals surface area contributed by atoms with Crippen LogP contribution >= 0.6 is 11.3 Å². The Balaban J connectivity index is 1.54. The number of aromatic nitrogens is 3. The number of thiophene rings is 1. The summed E-state index contributed by atoms with van der Waals surface area (Å²) in [5.41, 5.74) is -0.185. The van der Waals surface area contributed by atoms with Gasteiger partial charge in [0, 0.05) is 23.9 Å². The van der Waals surface area contributed by atoms with E-state index in [1.54, 1.807) is 18.4 Å². The van der Waals surface area contributed by atoms with Gasteiger partial charge < -0.3 is 14.0 Å². The molecule has 142 valence electrons.